The van der Waals surface area contributed by atoms with Gasteiger partial charge in [-0.3, -0.25) is 0 Å². The predicted octanol–water partition coefficient (Wildman–Crippen LogP) is 1.55. The molecule has 0 unspecified atom stereocenters. The minimum Gasteiger partial charge on any atom is -0.448 e. The highest BCUT2D eigenvalue weighted by atomic mass is 32.1. The van der Waals surface area contributed by atoms with Crippen LogP contribution in [0.5, 0.6) is 0 Å². The Labute approximate surface area is 93.4 Å². The van der Waals surface area contributed by atoms with Gasteiger partial charge >= 0.3 is 6.09 Å². The van der Waals surface area contributed by atoms with Crippen LogP contribution in [0.4, 0.5) is 4.79 Å². The number of ether oxygens (including phenoxy) is 1. The molecule has 0 aliphatic heterocycles. The van der Waals surface area contributed by atoms with E-state index in [9.17, 15) is 4.79 Å². The SMILES string of the molecule is Cc1cc(CNCCOC(N)=O)c(C)s1. The highest BCUT2D eigenvalue weighted by Gasteiger charge is 2.01. The van der Waals surface area contributed by atoms with Crippen LogP contribution in [-0.2, 0) is 11.3 Å². The first-order chi connectivity index (χ1) is 7.09. The molecule has 0 fully saturated rings. The van der Waals surface area contributed by atoms with Gasteiger partial charge in [-0.05, 0) is 25.5 Å². The lowest BCUT2D eigenvalue weighted by Gasteiger charge is -2.04. The van der Waals surface area contributed by atoms with Crippen LogP contribution in [0.2, 0.25) is 0 Å². The Morgan fingerprint density at radius 1 is 1.60 bits per heavy atom. The molecule has 15 heavy (non-hydrogen) atoms. The molecule has 3 N–H and O–H groups in total. The Kier molecular flexibility index (Phi) is 4.58. The lowest BCUT2D eigenvalue weighted by molar-refractivity contribution is 0.157. The van der Waals surface area contributed by atoms with Crippen LogP contribution in [0.25, 0.3) is 0 Å². The molecule has 84 valence electrons. The van der Waals surface area contributed by atoms with Crippen LogP contribution < -0.4 is 11.1 Å². The van der Waals surface area contributed by atoms with Gasteiger partial charge in [0.05, 0.1) is 0 Å². The average Bonchev–Trinajstić information content (AvgIpc) is 2.44. The molecule has 0 aliphatic rings. The van der Waals surface area contributed by atoms with Gasteiger partial charge in [0.2, 0.25) is 0 Å². The van der Waals surface area contributed by atoms with Crippen molar-refractivity contribution in [2.45, 2.75) is 20.4 Å². The zero-order valence-electron chi connectivity index (χ0n) is 9.00. The van der Waals surface area contributed by atoms with Crippen molar-refractivity contribution in [3.8, 4) is 0 Å². The predicted molar refractivity (Wildman–Crippen MR) is 61.0 cm³/mol. The number of thiophene rings is 1. The third-order valence-electron chi connectivity index (χ3n) is 1.98. The smallest absolute Gasteiger partial charge is 0.404 e. The van der Waals surface area contributed by atoms with Crippen molar-refractivity contribution in [2.24, 2.45) is 5.73 Å². The number of primary amides is 1. The van der Waals surface area contributed by atoms with Crippen LogP contribution in [0.15, 0.2) is 6.07 Å². The summed E-state index contributed by atoms with van der Waals surface area (Å²) in [6, 6.07) is 2.17. The van der Waals surface area contributed by atoms with Crippen molar-refractivity contribution >= 4 is 17.4 Å². The normalized spacial score (nSPS) is 10.3. The van der Waals surface area contributed by atoms with E-state index in [0.29, 0.717) is 13.2 Å². The van der Waals surface area contributed by atoms with E-state index in [1.807, 2.05) is 0 Å². The standard InChI is InChI=1S/C10H16N2O2S/c1-7-5-9(8(2)15-7)6-12-3-4-14-10(11)13/h5,12H,3-4,6H2,1-2H3,(H2,11,13). The van der Waals surface area contributed by atoms with Gasteiger partial charge in [0.15, 0.2) is 0 Å². The minimum atomic E-state index is -0.723. The summed E-state index contributed by atoms with van der Waals surface area (Å²) in [5.74, 6) is 0. The third kappa shape index (κ3) is 4.31. The van der Waals surface area contributed by atoms with Gasteiger partial charge in [-0.25, -0.2) is 4.79 Å². The van der Waals surface area contributed by atoms with Gasteiger partial charge in [0.25, 0.3) is 0 Å². The third-order valence-corrected chi connectivity index (χ3v) is 2.99. The molecule has 1 heterocycles. The fraction of sp³-hybridized carbons (Fsp3) is 0.500. The second-order valence-corrected chi connectivity index (χ2v) is 4.74. The molecule has 5 heteroatoms. The van der Waals surface area contributed by atoms with Crippen molar-refractivity contribution in [2.75, 3.05) is 13.2 Å². The molecule has 1 rings (SSSR count). The van der Waals surface area contributed by atoms with E-state index in [-0.39, 0.29) is 0 Å². The number of hydrogen-bond acceptors (Lipinski definition) is 4. The van der Waals surface area contributed by atoms with E-state index in [2.05, 4.69) is 30.0 Å². The molecule has 0 aliphatic carbocycles. The number of hydrogen-bond donors (Lipinski definition) is 2. The van der Waals surface area contributed by atoms with Gasteiger partial charge in [0.1, 0.15) is 6.61 Å². The molecule has 1 amide bonds. The molecule has 4 nitrogen and oxygen atoms in total. The van der Waals surface area contributed by atoms with E-state index in [1.54, 1.807) is 11.3 Å². The molecular weight excluding hydrogens is 212 g/mol. The summed E-state index contributed by atoms with van der Waals surface area (Å²) < 4.78 is 4.59. The van der Waals surface area contributed by atoms with Crippen molar-refractivity contribution in [1.29, 1.82) is 0 Å². The monoisotopic (exact) mass is 228 g/mol. The Bertz CT molecular complexity index is 336. The van der Waals surface area contributed by atoms with E-state index in [4.69, 9.17) is 5.73 Å². The van der Waals surface area contributed by atoms with E-state index in [1.165, 1.54) is 15.3 Å². The number of nitrogens with two attached hydrogens (primary N) is 1. The van der Waals surface area contributed by atoms with Gasteiger partial charge < -0.3 is 15.8 Å². The zero-order chi connectivity index (χ0) is 11.3. The number of rotatable bonds is 5. The van der Waals surface area contributed by atoms with Gasteiger partial charge in [-0.2, -0.15) is 0 Å². The summed E-state index contributed by atoms with van der Waals surface area (Å²) >= 11 is 1.79. The molecule has 0 radical (unpaired) electrons. The molecule has 0 bridgehead atoms. The number of carbonyl (C=O) groups excluding carboxylic acids is 1. The minimum absolute atomic E-state index is 0.317. The fourth-order valence-electron chi connectivity index (χ4n) is 1.31. The van der Waals surface area contributed by atoms with Crippen molar-refractivity contribution in [3.05, 3.63) is 21.4 Å². The second-order valence-electron chi connectivity index (χ2n) is 3.28. The van der Waals surface area contributed by atoms with Crippen LogP contribution in [0.1, 0.15) is 15.3 Å². The maximum absolute atomic E-state index is 10.3. The lowest BCUT2D eigenvalue weighted by Crippen LogP contribution is -2.23. The molecule has 0 saturated heterocycles. The Morgan fingerprint density at radius 3 is 2.87 bits per heavy atom. The summed E-state index contributed by atoms with van der Waals surface area (Å²) in [5.41, 5.74) is 6.13. The number of amides is 1. The summed E-state index contributed by atoms with van der Waals surface area (Å²) in [6.45, 7) is 5.94. The summed E-state index contributed by atoms with van der Waals surface area (Å²) in [5, 5.41) is 3.19. The summed E-state index contributed by atoms with van der Waals surface area (Å²) in [4.78, 5) is 12.9. The van der Waals surface area contributed by atoms with Crippen LogP contribution in [0, 0.1) is 13.8 Å². The maximum Gasteiger partial charge on any atom is 0.404 e. The van der Waals surface area contributed by atoms with Gasteiger partial charge in [-0.15, -0.1) is 11.3 Å². The quantitative estimate of drug-likeness (QED) is 0.751. The van der Waals surface area contributed by atoms with E-state index in [0.717, 1.165) is 6.54 Å². The van der Waals surface area contributed by atoms with Gasteiger partial charge in [-0.1, -0.05) is 0 Å². The van der Waals surface area contributed by atoms with E-state index >= 15 is 0 Å². The van der Waals surface area contributed by atoms with Crippen LogP contribution >= 0.6 is 11.3 Å². The van der Waals surface area contributed by atoms with Crippen molar-refractivity contribution < 1.29 is 9.53 Å². The molecule has 1 aromatic rings. The van der Waals surface area contributed by atoms with Crippen LogP contribution in [0.3, 0.4) is 0 Å². The molecule has 0 spiro atoms. The zero-order valence-corrected chi connectivity index (χ0v) is 9.82. The largest absolute Gasteiger partial charge is 0.448 e. The molecule has 0 aromatic carbocycles. The Hall–Kier alpha value is -1.07. The fourth-order valence-corrected chi connectivity index (χ4v) is 2.25. The molecule has 1 aromatic heterocycles. The highest BCUT2D eigenvalue weighted by molar-refractivity contribution is 7.12. The summed E-state index contributed by atoms with van der Waals surface area (Å²) in [7, 11) is 0. The first-order valence-corrected chi connectivity index (χ1v) is 5.60. The number of nitrogens with one attached hydrogen (secondary N) is 1. The van der Waals surface area contributed by atoms with E-state index < -0.39 is 6.09 Å². The Morgan fingerprint density at radius 2 is 2.33 bits per heavy atom. The number of carbonyl (C=O) groups is 1. The first-order valence-electron chi connectivity index (χ1n) is 4.78. The Balaban J connectivity index is 2.20. The maximum atomic E-state index is 10.3. The molecule has 0 saturated carbocycles. The first kappa shape index (κ1) is 12.0. The second kappa shape index (κ2) is 5.72. The van der Waals surface area contributed by atoms with Crippen molar-refractivity contribution in [1.82, 2.24) is 5.32 Å². The molecule has 0 atom stereocenters. The van der Waals surface area contributed by atoms with Crippen LogP contribution in [-0.4, -0.2) is 19.2 Å². The number of aryl methyl sites for hydroxylation is 2. The summed E-state index contributed by atoms with van der Waals surface area (Å²) in [6.07, 6.45) is -0.723. The molecular formula is C10H16N2O2S. The lowest BCUT2D eigenvalue weighted by atomic mass is 10.2. The average molecular weight is 228 g/mol. The van der Waals surface area contributed by atoms with Crippen molar-refractivity contribution in [3.63, 3.8) is 0 Å². The topological polar surface area (TPSA) is 64.3 Å². The highest BCUT2D eigenvalue weighted by Crippen LogP contribution is 2.19. The van der Waals surface area contributed by atoms with Gasteiger partial charge in [0, 0.05) is 22.8 Å².